The quantitative estimate of drug-likeness (QED) is 0.0885. The highest BCUT2D eigenvalue weighted by Gasteiger charge is 2.24. The van der Waals surface area contributed by atoms with Crippen LogP contribution < -0.4 is 5.56 Å². The molecule has 0 aliphatic rings. The number of fused-ring (bicyclic) bond motifs is 2. The number of halogens is 9. The summed E-state index contributed by atoms with van der Waals surface area (Å²) in [5.41, 5.74) is -1.85. The zero-order valence-electron chi connectivity index (χ0n) is 17.9. The summed E-state index contributed by atoms with van der Waals surface area (Å²) in [4.78, 5) is 37.2. The number of aromatic amines is 1. The molecular formula is C18H6Cl9N4O7P. The van der Waals surface area contributed by atoms with Gasteiger partial charge in [0.15, 0.2) is 0 Å². The van der Waals surface area contributed by atoms with Gasteiger partial charge in [0, 0.05) is 10.8 Å². The first kappa shape index (κ1) is 33.7. The first-order valence-corrected chi connectivity index (χ1v) is 15.9. The number of H-pyrrole nitrogens is 1. The lowest BCUT2D eigenvalue weighted by Crippen LogP contribution is -2.11. The number of nitrogens with one attached hydrogen (secondary N) is 1. The summed E-state index contributed by atoms with van der Waals surface area (Å²) in [7, 11) is 0. The van der Waals surface area contributed by atoms with Gasteiger partial charge in [0.25, 0.3) is 0 Å². The molecule has 11 nitrogen and oxygen atoms in total. The van der Waals surface area contributed by atoms with Gasteiger partial charge in [0.1, 0.15) is 5.02 Å². The van der Waals surface area contributed by atoms with Gasteiger partial charge in [0.2, 0.25) is 10.9 Å². The molecule has 0 saturated carbocycles. The SMILES string of the molecule is O=P(Cl)(Cl)Cl.O=[N+]([O-])c1c(Cl)nc2cc(Cl)c(Cl)cc2c1Cl.O=c1[nH]c2cc(Cl)c(Cl)cc2c(O)c1[N+](=O)[O-]. The lowest BCUT2D eigenvalue weighted by molar-refractivity contribution is -0.387. The van der Waals surface area contributed by atoms with Crippen LogP contribution in [0.3, 0.4) is 0 Å². The van der Waals surface area contributed by atoms with Gasteiger partial charge in [-0.05, 0) is 58.0 Å². The maximum absolute atomic E-state index is 11.4. The largest absolute Gasteiger partial charge is 0.501 e. The van der Waals surface area contributed by atoms with E-state index in [9.17, 15) is 34.7 Å². The summed E-state index contributed by atoms with van der Waals surface area (Å²) in [6, 6.07) is 5.42. The normalized spacial score (nSPS) is 10.9. The van der Waals surface area contributed by atoms with Gasteiger partial charge in [-0.15, -0.1) is 0 Å². The molecule has 208 valence electrons. The minimum atomic E-state index is -3.22. The van der Waals surface area contributed by atoms with Crippen molar-refractivity contribution in [2.24, 2.45) is 0 Å². The van der Waals surface area contributed by atoms with E-state index in [-0.39, 0.29) is 41.2 Å². The summed E-state index contributed by atoms with van der Waals surface area (Å²) in [6.07, 6.45) is 0. The van der Waals surface area contributed by atoms with Crippen LogP contribution in [0.25, 0.3) is 21.8 Å². The first-order chi connectivity index (χ1) is 17.8. The number of hydrogen-bond donors (Lipinski definition) is 2. The van der Waals surface area contributed by atoms with E-state index in [4.69, 9.17) is 69.6 Å². The summed E-state index contributed by atoms with van der Waals surface area (Å²) in [5.74, 6) is -0.729. The van der Waals surface area contributed by atoms with Crippen LogP contribution in [0.1, 0.15) is 0 Å². The first-order valence-electron chi connectivity index (χ1n) is 9.19. The van der Waals surface area contributed by atoms with E-state index in [2.05, 4.69) is 43.7 Å². The van der Waals surface area contributed by atoms with Gasteiger partial charge in [-0.3, -0.25) is 29.6 Å². The maximum Gasteiger partial charge on any atom is 0.375 e. The van der Waals surface area contributed by atoms with E-state index in [1.165, 1.54) is 24.3 Å². The van der Waals surface area contributed by atoms with Crippen LogP contribution in [-0.2, 0) is 4.57 Å². The number of rotatable bonds is 2. The Kier molecular flexibility index (Phi) is 11.6. The molecule has 0 saturated heterocycles. The molecule has 0 amide bonds. The Balaban J connectivity index is 0.000000234. The minimum Gasteiger partial charge on any atom is -0.501 e. The highest BCUT2D eigenvalue weighted by Crippen LogP contribution is 2.61. The smallest absolute Gasteiger partial charge is 0.375 e. The van der Waals surface area contributed by atoms with Gasteiger partial charge >= 0.3 is 22.1 Å². The monoisotopic (exact) mass is 736 g/mol. The van der Waals surface area contributed by atoms with Crippen LogP contribution in [0.5, 0.6) is 5.75 Å². The number of aromatic hydroxyl groups is 1. The molecule has 0 atom stereocenters. The number of pyridine rings is 2. The van der Waals surface area contributed by atoms with Crippen molar-refractivity contribution >= 4 is 142 Å². The molecule has 2 N–H and O–H groups in total. The van der Waals surface area contributed by atoms with Crippen LogP contribution in [0, 0.1) is 20.2 Å². The fourth-order valence-electron chi connectivity index (χ4n) is 2.77. The third kappa shape index (κ3) is 8.74. The molecular weight excluding hydrogens is 734 g/mol. The molecule has 0 aliphatic carbocycles. The lowest BCUT2D eigenvalue weighted by Gasteiger charge is -2.04. The van der Waals surface area contributed by atoms with E-state index in [0.717, 1.165) is 0 Å². The second kappa shape index (κ2) is 13.4. The van der Waals surface area contributed by atoms with Gasteiger partial charge in [-0.1, -0.05) is 69.6 Å². The molecule has 39 heavy (non-hydrogen) atoms. The van der Waals surface area contributed by atoms with Gasteiger partial charge < -0.3 is 10.1 Å². The third-order valence-corrected chi connectivity index (χ3v) is 6.36. The van der Waals surface area contributed by atoms with Crippen molar-refractivity contribution < 1.29 is 19.5 Å². The Morgan fingerprint density at radius 3 is 1.72 bits per heavy atom. The molecule has 2 heterocycles. The van der Waals surface area contributed by atoms with Crippen molar-refractivity contribution in [1.82, 2.24) is 9.97 Å². The second-order valence-corrected chi connectivity index (χ2v) is 15.7. The molecule has 0 spiro atoms. The Morgan fingerprint density at radius 1 is 0.795 bits per heavy atom. The van der Waals surface area contributed by atoms with Crippen molar-refractivity contribution in [2.45, 2.75) is 0 Å². The topological polar surface area (TPSA) is 169 Å². The van der Waals surface area contributed by atoms with E-state index in [0.29, 0.717) is 10.9 Å². The van der Waals surface area contributed by atoms with Crippen molar-refractivity contribution in [3.05, 3.63) is 85.1 Å². The molecule has 0 fully saturated rings. The minimum absolute atomic E-state index is 0.0608. The number of nitrogens with zero attached hydrogens (tertiary/aromatic N) is 3. The van der Waals surface area contributed by atoms with Crippen LogP contribution in [0.2, 0.25) is 30.3 Å². The average Bonchev–Trinajstić information content (AvgIpc) is 2.76. The molecule has 0 bridgehead atoms. The van der Waals surface area contributed by atoms with E-state index >= 15 is 0 Å². The van der Waals surface area contributed by atoms with Crippen molar-refractivity contribution in [3.8, 4) is 5.75 Å². The van der Waals surface area contributed by atoms with Crippen LogP contribution in [0.15, 0.2) is 29.1 Å². The Labute approximate surface area is 260 Å². The van der Waals surface area contributed by atoms with E-state index in [1.807, 2.05) is 0 Å². The van der Waals surface area contributed by atoms with Gasteiger partial charge in [0.05, 0.1) is 41.0 Å². The van der Waals surface area contributed by atoms with E-state index in [1.54, 1.807) is 0 Å². The molecule has 0 unspecified atom stereocenters. The van der Waals surface area contributed by atoms with Crippen LogP contribution in [0.4, 0.5) is 11.4 Å². The maximum atomic E-state index is 11.4. The number of hydrogen-bond acceptors (Lipinski definition) is 8. The molecule has 21 heteroatoms. The fourth-order valence-corrected chi connectivity index (χ4v) is 4.03. The van der Waals surface area contributed by atoms with E-state index < -0.39 is 37.7 Å². The lowest BCUT2D eigenvalue weighted by atomic mass is 10.2. The zero-order valence-corrected chi connectivity index (χ0v) is 25.6. The summed E-state index contributed by atoms with van der Waals surface area (Å²) >= 11 is 48.5. The van der Waals surface area contributed by atoms with Crippen molar-refractivity contribution in [1.29, 1.82) is 0 Å². The standard InChI is InChI=1S/C9H2Cl4N2O2.C9H4Cl2N2O4.Cl3OP/c10-4-1-3-6(2-5(4)11)14-9(13)8(7(3)12)15(16)17;10-4-1-3-6(2-5(4)11)12-9(15)7(8(3)14)13(16)17;1-5(2,3)4/h1-2H;1-2H,(H2,12,14,15);. The Bertz CT molecular complexity index is 1740. The summed E-state index contributed by atoms with van der Waals surface area (Å²) in [5, 5.41) is 28.6. The fraction of sp³-hybridized carbons (Fsp3) is 0. The number of nitro groups is 2. The van der Waals surface area contributed by atoms with Crippen molar-refractivity contribution in [3.63, 3.8) is 0 Å². The predicted molar refractivity (Wildman–Crippen MR) is 157 cm³/mol. The van der Waals surface area contributed by atoms with Gasteiger partial charge in [-0.25, -0.2) is 4.98 Å². The Morgan fingerprint density at radius 2 is 1.23 bits per heavy atom. The third-order valence-electron chi connectivity index (χ3n) is 4.27. The van der Waals surface area contributed by atoms with Gasteiger partial charge in [-0.2, -0.15) is 0 Å². The highest BCUT2D eigenvalue weighted by molar-refractivity contribution is 8.24. The highest BCUT2D eigenvalue weighted by atomic mass is 36.0. The summed E-state index contributed by atoms with van der Waals surface area (Å²) < 4.78 is 9.51. The predicted octanol–water partition coefficient (Wildman–Crippen LogP) is 10.0. The molecule has 2 aromatic carbocycles. The summed E-state index contributed by atoms with van der Waals surface area (Å²) in [6.45, 7) is 0. The van der Waals surface area contributed by atoms with Crippen molar-refractivity contribution in [2.75, 3.05) is 0 Å². The molecule has 0 radical (unpaired) electrons. The second-order valence-electron chi connectivity index (χ2n) is 6.72. The van der Waals surface area contributed by atoms with Crippen LogP contribution >= 0.6 is 109 Å². The number of benzene rings is 2. The molecule has 0 aliphatic heterocycles. The van der Waals surface area contributed by atoms with Crippen LogP contribution in [-0.4, -0.2) is 24.9 Å². The average molecular weight is 740 g/mol. The molecule has 4 aromatic rings. The number of aromatic nitrogens is 2. The Hall–Kier alpha value is -1.50. The molecule has 4 rings (SSSR count). The molecule has 2 aromatic heterocycles. The zero-order chi connectivity index (χ0) is 30.0.